The lowest BCUT2D eigenvalue weighted by Gasteiger charge is -2.22. The Labute approximate surface area is 132 Å². The number of primary amides is 1. The summed E-state index contributed by atoms with van der Waals surface area (Å²) in [6.07, 6.45) is 2.76. The Hall–Kier alpha value is -1.81. The third kappa shape index (κ3) is 71.1. The molecule has 0 aromatic carbocycles. The van der Waals surface area contributed by atoms with Gasteiger partial charge in [-0.1, -0.05) is 6.04 Å². The molecule has 0 unspecified atom stereocenters. The van der Waals surface area contributed by atoms with Gasteiger partial charge in [-0.25, -0.2) is 0 Å². The van der Waals surface area contributed by atoms with Gasteiger partial charge in [-0.05, 0) is 12.8 Å². The van der Waals surface area contributed by atoms with Crippen LogP contribution in [0.25, 0.3) is 5.32 Å². The molecule has 0 radical (unpaired) electrons. The molecule has 2 N–H and O–H groups in total. The first-order valence-corrected chi connectivity index (χ1v) is 6.40. The molecule has 1 amide bonds. The maximum Gasteiger partial charge on any atom is 0.216 e. The standard InChI is InChI=1S/C7H12N2O2.2C3H6.2C2H4/c1-2-3-9-6(5-10)4-7(8)11;2*1-3-2;2*1-2/h5-6H,1-4H2,(H2,8,11);2*1-3H2;2*1-2H2/t6-;;;;/m1..../s1. The molecule has 0 saturated carbocycles. The van der Waals surface area contributed by atoms with Crippen LogP contribution in [0.5, 0.6) is 0 Å². The molecule has 0 aromatic rings. The third-order valence-corrected chi connectivity index (χ3v) is 1.09. The van der Waals surface area contributed by atoms with E-state index in [1.807, 2.05) is 0 Å². The Bertz CT molecular complexity index is 182. The van der Waals surface area contributed by atoms with Gasteiger partial charge in [0.1, 0.15) is 6.29 Å². The minimum Gasteiger partial charge on any atom is -0.650 e. The molecule has 4 heteroatoms. The smallest absolute Gasteiger partial charge is 0.216 e. The van der Waals surface area contributed by atoms with Crippen LogP contribution in [0.1, 0.15) is 25.7 Å². The summed E-state index contributed by atoms with van der Waals surface area (Å²) in [4.78, 5) is 20.5. The van der Waals surface area contributed by atoms with Crippen molar-refractivity contribution >= 4 is 12.2 Å². The fourth-order valence-electron chi connectivity index (χ4n) is 0.619. The topological polar surface area (TPSA) is 74.3 Å². The molecule has 0 fully saturated rings. The summed E-state index contributed by atoms with van der Waals surface area (Å²) in [6, 6.07) is -0.575. The van der Waals surface area contributed by atoms with Crippen LogP contribution in [0.3, 0.4) is 0 Å². The molecule has 0 heterocycles. The minimum absolute atomic E-state index is 0.00347. The van der Waals surface area contributed by atoms with Crippen molar-refractivity contribution in [2.45, 2.75) is 31.7 Å². The number of hydrogen-bond acceptors (Lipinski definition) is 2. The number of rotatable bonds is 6. The lowest BCUT2D eigenvalue weighted by molar-refractivity contribution is -0.120. The van der Waals surface area contributed by atoms with E-state index in [4.69, 9.17) is 5.73 Å². The molecule has 1 atom stereocenters. The van der Waals surface area contributed by atoms with Crippen LogP contribution >= 0.6 is 0 Å². The molecule has 0 rings (SSSR count). The van der Waals surface area contributed by atoms with Crippen LogP contribution in [0, 0.1) is 34.6 Å². The zero-order valence-corrected chi connectivity index (χ0v) is 13.4. The maximum atomic E-state index is 10.3. The van der Waals surface area contributed by atoms with Crippen LogP contribution < -0.4 is 5.73 Å². The summed E-state index contributed by atoms with van der Waals surface area (Å²) >= 11 is 0. The summed E-state index contributed by atoms with van der Waals surface area (Å²) in [5.74, 6) is -0.505. The summed E-state index contributed by atoms with van der Waals surface area (Å²) in [7, 11) is 0. The molecule has 0 bridgehead atoms. The molecule has 0 saturated heterocycles. The van der Waals surface area contributed by atoms with Crippen molar-refractivity contribution < 1.29 is 9.59 Å². The van der Waals surface area contributed by atoms with Crippen molar-refractivity contribution in [1.29, 1.82) is 0 Å². The number of nitrogens with zero attached hydrogens (tertiary/aromatic N) is 1. The molecule has 0 aliphatic heterocycles. The molecular weight excluding hydrogens is 264 g/mol. The lowest BCUT2D eigenvalue weighted by Crippen LogP contribution is -2.21. The van der Waals surface area contributed by atoms with Crippen molar-refractivity contribution in [1.82, 2.24) is 0 Å². The van der Waals surface area contributed by atoms with Crippen LogP contribution in [0.2, 0.25) is 0 Å². The number of carbonyl (C=O) groups excluding carboxylic acids is 2. The highest BCUT2D eigenvalue weighted by molar-refractivity contribution is 5.79. The van der Waals surface area contributed by atoms with Crippen LogP contribution in [-0.2, 0) is 9.59 Å². The van der Waals surface area contributed by atoms with E-state index in [1.165, 1.54) is 0 Å². The largest absolute Gasteiger partial charge is 0.650 e. The second kappa shape index (κ2) is 42.9. The zero-order valence-electron chi connectivity index (χ0n) is 13.4. The normalized spacial score (nSPS) is 8.48. The van der Waals surface area contributed by atoms with E-state index in [-0.39, 0.29) is 6.42 Å². The van der Waals surface area contributed by atoms with Crippen LogP contribution in [0.15, 0.2) is 26.3 Å². The Morgan fingerprint density at radius 3 is 1.67 bits per heavy atom. The third-order valence-electron chi connectivity index (χ3n) is 1.09. The molecule has 0 aromatic heterocycles. The second-order valence-electron chi connectivity index (χ2n) is 2.84. The summed E-state index contributed by atoms with van der Waals surface area (Å²) in [5.41, 5.74) is 4.87. The summed E-state index contributed by atoms with van der Waals surface area (Å²) < 4.78 is 0. The highest BCUT2D eigenvalue weighted by Crippen LogP contribution is 2.02. The number of aldehydes is 1. The van der Waals surface area contributed by atoms with Crippen molar-refractivity contribution in [3.8, 4) is 0 Å². The van der Waals surface area contributed by atoms with Crippen molar-refractivity contribution in [3.63, 3.8) is 0 Å². The first kappa shape index (κ1) is 31.5. The van der Waals surface area contributed by atoms with E-state index in [2.05, 4.69) is 66.3 Å². The first-order valence-electron chi connectivity index (χ1n) is 6.40. The summed E-state index contributed by atoms with van der Waals surface area (Å²) in [5, 5.41) is 3.87. The van der Waals surface area contributed by atoms with E-state index < -0.39 is 11.9 Å². The van der Waals surface area contributed by atoms with Crippen LogP contribution in [0.4, 0.5) is 0 Å². The van der Waals surface area contributed by atoms with Gasteiger partial charge in [-0.15, -0.1) is 32.9 Å². The number of hydrogen-bond donors (Lipinski definition) is 1. The molecule has 0 spiro atoms. The van der Waals surface area contributed by atoms with E-state index >= 15 is 0 Å². The van der Waals surface area contributed by atoms with E-state index in [9.17, 15) is 9.59 Å². The quantitative estimate of drug-likeness (QED) is 0.461. The monoisotopic (exact) mass is 296 g/mol. The Morgan fingerprint density at radius 2 is 1.48 bits per heavy atom. The zero-order chi connectivity index (χ0) is 18.1. The van der Waals surface area contributed by atoms with Gasteiger partial charge < -0.3 is 15.8 Å². The van der Waals surface area contributed by atoms with E-state index in [0.717, 1.165) is 12.8 Å². The number of carbonyl (C=O) groups is 2. The Kier molecular flexibility index (Phi) is 64.5. The van der Waals surface area contributed by atoms with Gasteiger partial charge in [0.15, 0.2) is 0 Å². The summed E-state index contributed by atoms with van der Waals surface area (Å²) in [6.45, 7) is 29.5. The first-order chi connectivity index (χ1) is 10.0. The van der Waals surface area contributed by atoms with Crippen molar-refractivity contribution in [3.05, 3.63) is 66.3 Å². The fraction of sp³-hybridized carbons (Fsp3) is 0.353. The van der Waals surface area contributed by atoms with Gasteiger partial charge >= 0.3 is 0 Å². The van der Waals surface area contributed by atoms with Crippen LogP contribution in [-0.4, -0.2) is 24.8 Å². The molecule has 0 aliphatic carbocycles. The van der Waals surface area contributed by atoms with Gasteiger partial charge in [-0.3, -0.25) is 18.6 Å². The average Bonchev–Trinajstić information content (AvgIpc) is 2.49. The van der Waals surface area contributed by atoms with Gasteiger partial charge in [0.25, 0.3) is 0 Å². The predicted octanol–water partition coefficient (Wildman–Crippen LogP) is 3.72. The minimum atomic E-state index is -0.575. The number of nitrogens with two attached hydrogens (primary N) is 1. The van der Waals surface area contributed by atoms with Gasteiger partial charge in [-0.2, -0.15) is 0 Å². The fourth-order valence-corrected chi connectivity index (χ4v) is 0.619. The van der Waals surface area contributed by atoms with Gasteiger partial charge in [0, 0.05) is 20.3 Å². The average molecular weight is 296 g/mol. The molecule has 122 valence electrons. The molecule has 4 nitrogen and oxygen atoms in total. The maximum absolute atomic E-state index is 10.3. The predicted molar refractivity (Wildman–Crippen MR) is 95.0 cm³/mol. The highest BCUT2D eigenvalue weighted by Gasteiger charge is 1.99. The second-order valence-corrected chi connectivity index (χ2v) is 2.84. The number of amides is 1. The SMILES string of the molecule is C=C.C=C.[CH2+]CC[N-][C@@H](C=O)CC(N)=O.[CH2+]C[CH2-].[CH2+]C[CH2-]. The molecular formula is C17H32N2O2. The van der Waals surface area contributed by atoms with Gasteiger partial charge in [0.2, 0.25) is 5.91 Å². The van der Waals surface area contributed by atoms with Crippen molar-refractivity contribution in [2.75, 3.05) is 6.54 Å². The Morgan fingerprint density at radius 1 is 1.14 bits per heavy atom. The van der Waals surface area contributed by atoms with Crippen molar-refractivity contribution in [2.24, 2.45) is 5.73 Å². The van der Waals surface area contributed by atoms with E-state index in [0.29, 0.717) is 19.3 Å². The lowest BCUT2D eigenvalue weighted by atomic mass is 10.2. The Balaban J connectivity index is -0.0000000708. The highest BCUT2D eigenvalue weighted by atomic mass is 16.1. The molecule has 21 heavy (non-hydrogen) atoms. The van der Waals surface area contributed by atoms with E-state index in [1.54, 1.807) is 0 Å². The molecule has 0 aliphatic rings. The van der Waals surface area contributed by atoms with Gasteiger partial charge in [0.05, 0.1) is 13.3 Å².